The van der Waals surface area contributed by atoms with Gasteiger partial charge in [-0.25, -0.2) is 0 Å². The third-order valence-corrected chi connectivity index (χ3v) is 6.88. The monoisotopic (exact) mass is 364 g/mol. The molecule has 23 heavy (non-hydrogen) atoms. The minimum atomic E-state index is 0.0484. The van der Waals surface area contributed by atoms with Crippen molar-refractivity contribution in [2.24, 2.45) is 0 Å². The molecule has 2 bridgehead atoms. The molecule has 6 heteroatoms. The lowest BCUT2D eigenvalue weighted by molar-refractivity contribution is 0.0935. The Bertz CT molecular complexity index is 733. The van der Waals surface area contributed by atoms with E-state index in [0.717, 1.165) is 25.4 Å². The lowest BCUT2D eigenvalue weighted by atomic mass is 9.95. The van der Waals surface area contributed by atoms with Crippen LogP contribution in [-0.4, -0.2) is 24.0 Å². The fraction of sp³-hybridized carbons (Fsp3) is 0.353. The summed E-state index contributed by atoms with van der Waals surface area (Å²) in [5.41, 5.74) is 0. The Morgan fingerprint density at radius 1 is 1.30 bits per heavy atom. The van der Waals surface area contributed by atoms with Gasteiger partial charge in [0.05, 0.1) is 9.09 Å². The largest absolute Gasteiger partial charge is 0.347 e. The first-order valence-corrected chi connectivity index (χ1v) is 9.78. The Morgan fingerprint density at radius 2 is 2.22 bits per heavy atom. The van der Waals surface area contributed by atoms with Crippen LogP contribution in [0.5, 0.6) is 0 Å². The zero-order chi connectivity index (χ0) is 15.8. The van der Waals surface area contributed by atoms with E-state index in [0.29, 0.717) is 12.1 Å². The first-order valence-electron chi connectivity index (χ1n) is 7.77. The third-order valence-electron chi connectivity index (χ3n) is 4.44. The van der Waals surface area contributed by atoms with Gasteiger partial charge < -0.3 is 10.6 Å². The Kier molecular flexibility index (Phi) is 4.37. The summed E-state index contributed by atoms with van der Waals surface area (Å²) in [6.45, 7) is 0. The Morgan fingerprint density at radius 3 is 2.96 bits per heavy atom. The van der Waals surface area contributed by atoms with Crippen LogP contribution in [0.25, 0.3) is 0 Å². The second kappa shape index (κ2) is 6.48. The number of nitrogens with one attached hydrogen (secondary N) is 2. The summed E-state index contributed by atoms with van der Waals surface area (Å²) in [5, 5.41) is 7.47. The van der Waals surface area contributed by atoms with Crippen molar-refractivity contribution >= 4 is 40.6 Å². The van der Waals surface area contributed by atoms with E-state index in [9.17, 15) is 4.79 Å². The molecule has 2 fully saturated rings. The predicted molar refractivity (Wildman–Crippen MR) is 95.7 cm³/mol. The molecule has 1 amide bonds. The molecular formula is C17H17ClN2OS2. The molecule has 120 valence electrons. The van der Waals surface area contributed by atoms with Gasteiger partial charge >= 0.3 is 0 Å². The molecule has 0 spiro atoms. The number of halogens is 1. The van der Waals surface area contributed by atoms with Gasteiger partial charge in [-0.1, -0.05) is 29.4 Å². The smallest absolute Gasteiger partial charge is 0.261 e. The van der Waals surface area contributed by atoms with Gasteiger partial charge in [0, 0.05) is 28.0 Å². The molecule has 1 aromatic carbocycles. The van der Waals surface area contributed by atoms with Crippen LogP contribution in [0.15, 0.2) is 45.5 Å². The molecule has 4 rings (SSSR count). The number of benzene rings is 1. The summed E-state index contributed by atoms with van der Waals surface area (Å²) in [7, 11) is 0. The number of carbonyl (C=O) groups is 1. The number of hydrogen-bond donors (Lipinski definition) is 2. The second-order valence-corrected chi connectivity index (χ2v) is 8.94. The number of fused-ring (bicyclic) bond motifs is 2. The normalized spacial score (nSPS) is 25.7. The average Bonchev–Trinajstić information content (AvgIpc) is 3.23. The van der Waals surface area contributed by atoms with Gasteiger partial charge in [-0.2, -0.15) is 0 Å². The van der Waals surface area contributed by atoms with E-state index in [1.54, 1.807) is 11.8 Å². The molecule has 3 heterocycles. The number of carbonyl (C=O) groups excluding carboxylic acids is 1. The van der Waals surface area contributed by atoms with E-state index in [1.807, 2.05) is 36.4 Å². The molecule has 0 radical (unpaired) electrons. The first kappa shape index (κ1) is 15.5. The van der Waals surface area contributed by atoms with Gasteiger partial charge in [-0.3, -0.25) is 4.79 Å². The molecule has 2 aliphatic rings. The predicted octanol–water partition coefficient (Wildman–Crippen LogP) is 4.18. The van der Waals surface area contributed by atoms with Crippen molar-refractivity contribution in [3.63, 3.8) is 0 Å². The SMILES string of the molecule is O=C(N[C@@H]1C[C@H]2CC[C@@H]1N2)c1ccc(Sc2cccc(Cl)c2)s1. The average molecular weight is 365 g/mol. The molecule has 0 aliphatic carbocycles. The van der Waals surface area contributed by atoms with E-state index >= 15 is 0 Å². The molecule has 2 aromatic rings. The minimum Gasteiger partial charge on any atom is -0.347 e. The quantitative estimate of drug-likeness (QED) is 0.855. The number of hydrogen-bond acceptors (Lipinski definition) is 4. The van der Waals surface area contributed by atoms with Gasteiger partial charge in [-0.05, 0) is 49.6 Å². The minimum absolute atomic E-state index is 0.0484. The van der Waals surface area contributed by atoms with Crippen LogP contribution in [0.3, 0.4) is 0 Å². The standard InChI is InChI=1S/C17H17ClN2OS2/c18-10-2-1-3-12(8-10)22-16-7-6-15(23-16)17(21)20-14-9-11-4-5-13(14)19-11/h1-3,6-8,11,13-14,19H,4-5,9H2,(H,20,21)/t11-,13+,14-/m1/s1. The molecule has 0 saturated carbocycles. The topological polar surface area (TPSA) is 41.1 Å². The first-order chi connectivity index (χ1) is 11.2. The van der Waals surface area contributed by atoms with Crippen LogP contribution in [0.2, 0.25) is 5.02 Å². The molecule has 0 unspecified atom stereocenters. The third kappa shape index (κ3) is 3.43. The van der Waals surface area contributed by atoms with Crippen molar-refractivity contribution < 1.29 is 4.79 Å². The maximum absolute atomic E-state index is 12.4. The molecule has 2 saturated heterocycles. The number of rotatable bonds is 4. The Hall–Kier alpha value is -1.01. The van der Waals surface area contributed by atoms with Crippen LogP contribution < -0.4 is 10.6 Å². The van der Waals surface area contributed by atoms with E-state index in [1.165, 1.54) is 24.2 Å². The van der Waals surface area contributed by atoms with Gasteiger partial charge in [0.25, 0.3) is 5.91 Å². The van der Waals surface area contributed by atoms with Crippen molar-refractivity contribution in [2.75, 3.05) is 0 Å². The molecule has 3 nitrogen and oxygen atoms in total. The second-order valence-electron chi connectivity index (χ2n) is 6.04. The zero-order valence-corrected chi connectivity index (χ0v) is 14.8. The molecule has 2 aliphatic heterocycles. The van der Waals surface area contributed by atoms with E-state index < -0.39 is 0 Å². The van der Waals surface area contributed by atoms with Gasteiger partial charge in [-0.15, -0.1) is 11.3 Å². The van der Waals surface area contributed by atoms with Crippen molar-refractivity contribution in [2.45, 2.75) is 46.5 Å². The summed E-state index contributed by atoms with van der Waals surface area (Å²) in [5.74, 6) is 0.0484. The van der Waals surface area contributed by atoms with E-state index in [4.69, 9.17) is 11.6 Å². The highest BCUT2D eigenvalue weighted by Gasteiger charge is 2.39. The summed E-state index contributed by atoms with van der Waals surface area (Å²) >= 11 is 9.18. The van der Waals surface area contributed by atoms with Crippen LogP contribution in [0.4, 0.5) is 0 Å². The maximum atomic E-state index is 12.4. The summed E-state index contributed by atoms with van der Waals surface area (Å²) < 4.78 is 1.10. The van der Waals surface area contributed by atoms with E-state index in [2.05, 4.69) is 10.6 Å². The van der Waals surface area contributed by atoms with Gasteiger partial charge in [0.15, 0.2) is 0 Å². The highest BCUT2D eigenvalue weighted by atomic mass is 35.5. The van der Waals surface area contributed by atoms with Crippen LogP contribution in [-0.2, 0) is 0 Å². The zero-order valence-electron chi connectivity index (χ0n) is 12.4. The summed E-state index contributed by atoms with van der Waals surface area (Å²) in [6.07, 6.45) is 3.48. The Labute approximate surface area is 148 Å². The van der Waals surface area contributed by atoms with Crippen molar-refractivity contribution in [1.82, 2.24) is 10.6 Å². The van der Waals surface area contributed by atoms with Gasteiger partial charge in [0.1, 0.15) is 0 Å². The van der Waals surface area contributed by atoms with Crippen LogP contribution in [0, 0.1) is 0 Å². The molecule has 3 atom stereocenters. The lowest BCUT2D eigenvalue weighted by Crippen LogP contribution is -2.42. The number of thiophene rings is 1. The highest BCUT2D eigenvalue weighted by Crippen LogP contribution is 2.35. The van der Waals surface area contributed by atoms with Crippen LogP contribution >= 0.6 is 34.7 Å². The van der Waals surface area contributed by atoms with E-state index in [-0.39, 0.29) is 11.9 Å². The van der Waals surface area contributed by atoms with Crippen molar-refractivity contribution in [1.29, 1.82) is 0 Å². The van der Waals surface area contributed by atoms with Crippen LogP contribution in [0.1, 0.15) is 28.9 Å². The molecular weight excluding hydrogens is 348 g/mol. The lowest BCUT2D eigenvalue weighted by Gasteiger charge is -2.20. The Balaban J connectivity index is 1.40. The highest BCUT2D eigenvalue weighted by molar-refractivity contribution is 8.01. The number of amides is 1. The summed E-state index contributed by atoms with van der Waals surface area (Å²) in [4.78, 5) is 14.3. The van der Waals surface area contributed by atoms with Gasteiger partial charge in [0.2, 0.25) is 0 Å². The molecule has 2 N–H and O–H groups in total. The maximum Gasteiger partial charge on any atom is 0.261 e. The summed E-state index contributed by atoms with van der Waals surface area (Å²) in [6, 6.07) is 13.0. The fourth-order valence-corrected chi connectivity index (χ4v) is 5.69. The van der Waals surface area contributed by atoms with Crippen molar-refractivity contribution in [3.05, 3.63) is 46.3 Å². The molecule has 1 aromatic heterocycles. The fourth-order valence-electron chi connectivity index (χ4n) is 3.37. The van der Waals surface area contributed by atoms with Crippen molar-refractivity contribution in [3.8, 4) is 0 Å².